The van der Waals surface area contributed by atoms with Gasteiger partial charge in [0.2, 0.25) is 10.0 Å². The van der Waals surface area contributed by atoms with E-state index in [0.717, 1.165) is 25.0 Å². The van der Waals surface area contributed by atoms with Crippen LogP contribution in [0.15, 0.2) is 59.5 Å². The molecule has 1 heterocycles. The van der Waals surface area contributed by atoms with Gasteiger partial charge >= 0.3 is 0 Å². The van der Waals surface area contributed by atoms with Gasteiger partial charge in [0, 0.05) is 31.7 Å². The maximum atomic E-state index is 12.8. The third kappa shape index (κ3) is 5.36. The van der Waals surface area contributed by atoms with Crippen molar-refractivity contribution in [3.05, 3.63) is 60.2 Å². The maximum absolute atomic E-state index is 12.8. The summed E-state index contributed by atoms with van der Waals surface area (Å²) in [5.74, 6) is 0.677. The Balaban J connectivity index is 1.55. The Hall–Kier alpha value is -2.38. The van der Waals surface area contributed by atoms with Gasteiger partial charge in [-0.2, -0.15) is 4.31 Å². The lowest BCUT2D eigenvalue weighted by molar-refractivity contribution is 0.0698. The molecule has 1 amide bonds. The highest BCUT2D eigenvalue weighted by molar-refractivity contribution is 7.89. The van der Waals surface area contributed by atoms with Gasteiger partial charge in [-0.1, -0.05) is 38.0 Å². The minimum Gasteiger partial charge on any atom is -0.494 e. The Morgan fingerprint density at radius 2 is 1.59 bits per heavy atom. The minimum absolute atomic E-state index is 0.0840. The predicted octanol–water partition coefficient (Wildman–Crippen LogP) is 3.40. The second-order valence-electron chi connectivity index (χ2n) is 7.09. The first-order valence-corrected chi connectivity index (χ1v) is 11.5. The quantitative estimate of drug-likeness (QED) is 0.619. The van der Waals surface area contributed by atoms with Crippen LogP contribution in [-0.2, 0) is 10.0 Å². The average Bonchev–Trinajstić information content (AvgIpc) is 2.77. The molecule has 156 valence electrons. The molecule has 0 atom stereocenters. The molecule has 6 nitrogen and oxygen atoms in total. The number of benzene rings is 2. The van der Waals surface area contributed by atoms with Crippen LogP contribution in [0, 0.1) is 0 Å². The van der Waals surface area contributed by atoms with Crippen molar-refractivity contribution in [3.8, 4) is 5.75 Å². The van der Waals surface area contributed by atoms with E-state index in [0.29, 0.717) is 38.3 Å². The molecule has 0 aromatic heterocycles. The van der Waals surface area contributed by atoms with E-state index in [1.165, 1.54) is 4.31 Å². The number of hydrogen-bond donors (Lipinski definition) is 0. The molecular weight excluding hydrogens is 388 g/mol. The van der Waals surface area contributed by atoms with Crippen LogP contribution in [0.5, 0.6) is 5.75 Å². The summed E-state index contributed by atoms with van der Waals surface area (Å²) in [6, 6.07) is 15.6. The molecule has 1 aliphatic rings. The fraction of sp³-hybridized carbons (Fsp3) is 0.409. The Bertz CT molecular complexity index is 890. The molecule has 2 aromatic rings. The number of carbonyl (C=O) groups is 1. The highest BCUT2D eigenvalue weighted by Gasteiger charge is 2.30. The zero-order valence-electron chi connectivity index (χ0n) is 16.8. The molecule has 29 heavy (non-hydrogen) atoms. The summed E-state index contributed by atoms with van der Waals surface area (Å²) >= 11 is 0. The van der Waals surface area contributed by atoms with Crippen molar-refractivity contribution < 1.29 is 17.9 Å². The summed E-state index contributed by atoms with van der Waals surface area (Å²) in [4.78, 5) is 14.7. The number of ether oxygens (including phenoxy) is 1. The molecule has 0 aliphatic carbocycles. The van der Waals surface area contributed by atoms with E-state index in [1.54, 1.807) is 47.4 Å². The van der Waals surface area contributed by atoms with E-state index < -0.39 is 10.0 Å². The number of rotatable bonds is 8. The van der Waals surface area contributed by atoms with Crippen LogP contribution in [0.2, 0.25) is 0 Å². The molecule has 1 saturated heterocycles. The molecule has 0 saturated carbocycles. The number of unbranched alkanes of at least 4 members (excludes halogenated alkanes) is 2. The molecule has 3 rings (SSSR count). The summed E-state index contributed by atoms with van der Waals surface area (Å²) in [5.41, 5.74) is 0.588. The zero-order valence-corrected chi connectivity index (χ0v) is 17.6. The van der Waals surface area contributed by atoms with Crippen molar-refractivity contribution in [3.63, 3.8) is 0 Å². The SMILES string of the molecule is CCCCCOc1ccc(C(=O)N2CCN(S(=O)(=O)c3ccccc3)CC2)cc1. The zero-order chi connectivity index (χ0) is 20.7. The van der Waals surface area contributed by atoms with Gasteiger partial charge in [0.05, 0.1) is 11.5 Å². The lowest BCUT2D eigenvalue weighted by Crippen LogP contribution is -2.50. The number of carbonyl (C=O) groups excluding carboxylic acids is 1. The number of piperazine rings is 1. The van der Waals surface area contributed by atoms with E-state index in [2.05, 4.69) is 6.92 Å². The lowest BCUT2D eigenvalue weighted by Gasteiger charge is -2.34. The predicted molar refractivity (Wildman–Crippen MR) is 113 cm³/mol. The van der Waals surface area contributed by atoms with Crippen molar-refractivity contribution >= 4 is 15.9 Å². The summed E-state index contributed by atoms with van der Waals surface area (Å²) < 4.78 is 32.5. The number of amides is 1. The van der Waals surface area contributed by atoms with E-state index in [9.17, 15) is 13.2 Å². The highest BCUT2D eigenvalue weighted by Crippen LogP contribution is 2.19. The van der Waals surface area contributed by atoms with Crippen molar-refractivity contribution in [1.82, 2.24) is 9.21 Å². The van der Waals surface area contributed by atoms with Gasteiger partial charge < -0.3 is 9.64 Å². The third-order valence-corrected chi connectivity index (χ3v) is 6.94. The Morgan fingerprint density at radius 3 is 2.21 bits per heavy atom. The molecule has 0 bridgehead atoms. The van der Waals surface area contributed by atoms with Crippen molar-refractivity contribution in [2.45, 2.75) is 31.1 Å². The monoisotopic (exact) mass is 416 g/mol. The molecule has 1 aliphatic heterocycles. The molecule has 0 spiro atoms. The van der Waals surface area contributed by atoms with Crippen LogP contribution in [-0.4, -0.2) is 56.3 Å². The van der Waals surface area contributed by atoms with Gasteiger partial charge in [-0.15, -0.1) is 0 Å². The second kappa shape index (κ2) is 9.89. The Kier molecular flexibility index (Phi) is 7.28. The highest BCUT2D eigenvalue weighted by atomic mass is 32.2. The molecular formula is C22H28N2O4S. The van der Waals surface area contributed by atoms with Crippen molar-refractivity contribution in [1.29, 1.82) is 0 Å². The molecule has 0 radical (unpaired) electrons. The van der Waals surface area contributed by atoms with Crippen molar-refractivity contribution in [2.75, 3.05) is 32.8 Å². The van der Waals surface area contributed by atoms with Crippen LogP contribution in [0.25, 0.3) is 0 Å². The van der Waals surface area contributed by atoms with Gasteiger partial charge in [0.15, 0.2) is 0 Å². The first-order valence-electron chi connectivity index (χ1n) is 10.1. The molecule has 7 heteroatoms. The van der Waals surface area contributed by atoms with Crippen molar-refractivity contribution in [2.24, 2.45) is 0 Å². The third-order valence-electron chi connectivity index (χ3n) is 5.02. The van der Waals surface area contributed by atoms with Crippen LogP contribution in [0.3, 0.4) is 0 Å². The minimum atomic E-state index is -3.52. The fourth-order valence-corrected chi connectivity index (χ4v) is 4.73. The fourth-order valence-electron chi connectivity index (χ4n) is 3.29. The lowest BCUT2D eigenvalue weighted by atomic mass is 10.2. The standard InChI is InChI=1S/C22H28N2O4S/c1-2-3-7-18-28-20-12-10-19(11-13-20)22(25)23-14-16-24(17-15-23)29(26,27)21-8-5-4-6-9-21/h4-6,8-13H,2-3,7,14-18H2,1H3. The van der Waals surface area contributed by atoms with Crippen LogP contribution in [0.4, 0.5) is 0 Å². The Labute approximate surface area is 173 Å². The van der Waals surface area contributed by atoms with Gasteiger partial charge in [-0.25, -0.2) is 8.42 Å². The summed E-state index contributed by atoms with van der Waals surface area (Å²) in [5, 5.41) is 0. The molecule has 1 fully saturated rings. The number of sulfonamides is 1. The molecule has 0 unspecified atom stereocenters. The Morgan fingerprint density at radius 1 is 0.931 bits per heavy atom. The van der Waals surface area contributed by atoms with E-state index in [-0.39, 0.29) is 10.8 Å². The molecule has 2 aromatic carbocycles. The van der Waals surface area contributed by atoms with Gasteiger partial charge in [0.1, 0.15) is 5.75 Å². The van der Waals surface area contributed by atoms with Crippen LogP contribution < -0.4 is 4.74 Å². The van der Waals surface area contributed by atoms with E-state index >= 15 is 0 Å². The largest absolute Gasteiger partial charge is 0.494 e. The van der Waals surface area contributed by atoms with Crippen LogP contribution >= 0.6 is 0 Å². The van der Waals surface area contributed by atoms with E-state index in [1.807, 2.05) is 12.1 Å². The van der Waals surface area contributed by atoms with E-state index in [4.69, 9.17) is 4.74 Å². The average molecular weight is 417 g/mol. The second-order valence-corrected chi connectivity index (χ2v) is 9.03. The smallest absolute Gasteiger partial charge is 0.253 e. The first-order chi connectivity index (χ1) is 14.0. The summed E-state index contributed by atoms with van der Waals surface area (Å²) in [7, 11) is -3.52. The maximum Gasteiger partial charge on any atom is 0.253 e. The first kappa shape index (κ1) is 21.3. The topological polar surface area (TPSA) is 66.9 Å². The number of hydrogen-bond acceptors (Lipinski definition) is 4. The summed E-state index contributed by atoms with van der Waals surface area (Å²) in [6.45, 7) is 4.17. The van der Waals surface area contributed by atoms with Gasteiger partial charge in [-0.3, -0.25) is 4.79 Å². The van der Waals surface area contributed by atoms with Crippen LogP contribution in [0.1, 0.15) is 36.5 Å². The number of nitrogens with zero attached hydrogens (tertiary/aromatic N) is 2. The molecule has 0 N–H and O–H groups in total. The van der Waals surface area contributed by atoms with Gasteiger partial charge in [-0.05, 0) is 42.8 Å². The summed E-state index contributed by atoms with van der Waals surface area (Å²) in [6.07, 6.45) is 3.31. The van der Waals surface area contributed by atoms with Gasteiger partial charge in [0.25, 0.3) is 5.91 Å². The normalized spacial score (nSPS) is 15.3.